The number of hydrogen-bond donors (Lipinski definition) is 2. The molecule has 3 rings (SSSR count). The minimum absolute atomic E-state index is 0.264. The molecule has 0 radical (unpaired) electrons. The number of pyridine rings is 1. The maximum atomic E-state index is 11.8. The standard InChI is InChI=1S/C14H16N4O4/c19-12(18-6-5-15-14(18)21)8-22-13(20)9-1-4-11(16-7-9)17-10-2-3-10/h1,4,7,10H,2-3,5-6,8H2,(H,15,21)(H,16,17). The van der Waals surface area contributed by atoms with E-state index in [0.717, 1.165) is 17.7 Å². The van der Waals surface area contributed by atoms with Crippen LogP contribution >= 0.6 is 0 Å². The first-order valence-corrected chi connectivity index (χ1v) is 7.11. The molecule has 22 heavy (non-hydrogen) atoms. The van der Waals surface area contributed by atoms with E-state index >= 15 is 0 Å². The van der Waals surface area contributed by atoms with Gasteiger partial charge in [0.15, 0.2) is 6.61 Å². The highest BCUT2D eigenvalue weighted by atomic mass is 16.5. The Morgan fingerprint density at radius 1 is 1.41 bits per heavy atom. The molecule has 2 fully saturated rings. The van der Waals surface area contributed by atoms with Crippen molar-refractivity contribution in [1.82, 2.24) is 15.2 Å². The van der Waals surface area contributed by atoms with Crippen LogP contribution in [-0.2, 0) is 9.53 Å². The number of nitrogens with one attached hydrogen (secondary N) is 2. The summed E-state index contributed by atoms with van der Waals surface area (Å²) in [5.74, 6) is -0.467. The molecule has 1 aliphatic heterocycles. The van der Waals surface area contributed by atoms with E-state index < -0.39 is 24.5 Å². The molecule has 1 aromatic rings. The number of amides is 3. The summed E-state index contributed by atoms with van der Waals surface area (Å²) in [4.78, 5) is 40.0. The van der Waals surface area contributed by atoms with Gasteiger partial charge in [-0.15, -0.1) is 0 Å². The smallest absolute Gasteiger partial charge is 0.340 e. The predicted octanol–water partition coefficient (Wildman–Crippen LogP) is 0.364. The SMILES string of the molecule is O=C(OCC(=O)N1CCNC1=O)c1ccc(NC2CC2)nc1. The number of carbonyl (C=O) groups is 3. The lowest BCUT2D eigenvalue weighted by Crippen LogP contribution is -2.37. The minimum atomic E-state index is -0.640. The molecule has 1 saturated carbocycles. The second-order valence-corrected chi connectivity index (χ2v) is 5.20. The van der Waals surface area contributed by atoms with Crippen LogP contribution in [0.1, 0.15) is 23.2 Å². The Morgan fingerprint density at radius 2 is 2.23 bits per heavy atom. The number of carbonyl (C=O) groups excluding carboxylic acids is 3. The van der Waals surface area contributed by atoms with Crippen LogP contribution in [0, 0.1) is 0 Å². The number of ether oxygens (including phenoxy) is 1. The Bertz CT molecular complexity index is 597. The fourth-order valence-electron chi connectivity index (χ4n) is 2.03. The Balaban J connectivity index is 1.50. The van der Waals surface area contributed by atoms with Crippen LogP contribution in [0.25, 0.3) is 0 Å². The van der Waals surface area contributed by atoms with Gasteiger partial charge in [-0.25, -0.2) is 14.6 Å². The third-order valence-electron chi connectivity index (χ3n) is 3.41. The van der Waals surface area contributed by atoms with Crippen molar-refractivity contribution in [2.75, 3.05) is 25.0 Å². The van der Waals surface area contributed by atoms with E-state index in [2.05, 4.69) is 15.6 Å². The number of nitrogens with zero attached hydrogens (tertiary/aromatic N) is 2. The summed E-state index contributed by atoms with van der Waals surface area (Å²) in [7, 11) is 0. The van der Waals surface area contributed by atoms with Gasteiger partial charge in [-0.2, -0.15) is 0 Å². The summed E-state index contributed by atoms with van der Waals surface area (Å²) >= 11 is 0. The normalized spacial score (nSPS) is 17.1. The van der Waals surface area contributed by atoms with Gasteiger partial charge >= 0.3 is 12.0 Å². The summed E-state index contributed by atoms with van der Waals surface area (Å²) in [6.45, 7) is 0.241. The third kappa shape index (κ3) is 3.33. The lowest BCUT2D eigenvalue weighted by atomic mass is 10.3. The average molecular weight is 304 g/mol. The van der Waals surface area contributed by atoms with Crippen LogP contribution in [-0.4, -0.2) is 53.5 Å². The lowest BCUT2D eigenvalue weighted by Gasteiger charge is -2.12. The van der Waals surface area contributed by atoms with Crippen molar-refractivity contribution < 1.29 is 19.1 Å². The summed E-state index contributed by atoms with van der Waals surface area (Å²) in [6, 6.07) is 3.31. The van der Waals surface area contributed by atoms with E-state index in [1.54, 1.807) is 12.1 Å². The first-order chi connectivity index (χ1) is 10.6. The second-order valence-electron chi connectivity index (χ2n) is 5.20. The highest BCUT2D eigenvalue weighted by molar-refractivity contribution is 5.98. The van der Waals surface area contributed by atoms with Crippen molar-refractivity contribution in [3.63, 3.8) is 0 Å². The largest absolute Gasteiger partial charge is 0.452 e. The zero-order chi connectivity index (χ0) is 15.5. The molecule has 116 valence electrons. The maximum Gasteiger partial charge on any atom is 0.340 e. The number of urea groups is 1. The van der Waals surface area contributed by atoms with E-state index in [4.69, 9.17) is 4.74 Å². The number of anilines is 1. The molecule has 2 heterocycles. The van der Waals surface area contributed by atoms with Gasteiger partial charge in [-0.1, -0.05) is 0 Å². The second kappa shape index (κ2) is 6.00. The molecule has 0 spiro atoms. The van der Waals surface area contributed by atoms with E-state index in [-0.39, 0.29) is 12.1 Å². The summed E-state index contributed by atoms with van der Waals surface area (Å²) in [5, 5.41) is 5.71. The van der Waals surface area contributed by atoms with Crippen molar-refractivity contribution in [2.24, 2.45) is 0 Å². The van der Waals surface area contributed by atoms with Crippen molar-refractivity contribution >= 4 is 23.7 Å². The van der Waals surface area contributed by atoms with Gasteiger partial charge in [-0.3, -0.25) is 9.69 Å². The van der Waals surface area contributed by atoms with Crippen molar-refractivity contribution in [2.45, 2.75) is 18.9 Å². The highest BCUT2D eigenvalue weighted by Gasteiger charge is 2.27. The Kier molecular flexibility index (Phi) is 3.90. The fourth-order valence-corrected chi connectivity index (χ4v) is 2.03. The van der Waals surface area contributed by atoms with E-state index in [1.165, 1.54) is 6.20 Å². The molecule has 2 N–H and O–H groups in total. The summed E-state index contributed by atoms with van der Waals surface area (Å²) in [5.41, 5.74) is 0.264. The van der Waals surface area contributed by atoms with Crippen molar-refractivity contribution in [3.8, 4) is 0 Å². The van der Waals surface area contributed by atoms with Gasteiger partial charge in [-0.05, 0) is 25.0 Å². The molecule has 1 aromatic heterocycles. The minimum Gasteiger partial charge on any atom is -0.452 e. The molecule has 0 bridgehead atoms. The quantitative estimate of drug-likeness (QED) is 0.762. The number of rotatable bonds is 5. The topological polar surface area (TPSA) is 101 Å². The third-order valence-corrected chi connectivity index (χ3v) is 3.41. The Morgan fingerprint density at radius 3 is 2.82 bits per heavy atom. The van der Waals surface area contributed by atoms with Crippen molar-refractivity contribution in [3.05, 3.63) is 23.9 Å². The van der Waals surface area contributed by atoms with Gasteiger partial charge in [0, 0.05) is 25.3 Å². The van der Waals surface area contributed by atoms with Crippen LogP contribution in [0.4, 0.5) is 10.6 Å². The summed E-state index contributed by atoms with van der Waals surface area (Å²) < 4.78 is 4.91. The van der Waals surface area contributed by atoms with E-state index in [0.29, 0.717) is 18.4 Å². The molecular weight excluding hydrogens is 288 g/mol. The molecule has 3 amide bonds. The fraction of sp³-hybridized carbons (Fsp3) is 0.429. The molecule has 1 aliphatic carbocycles. The Labute approximate surface area is 126 Å². The van der Waals surface area contributed by atoms with Gasteiger partial charge < -0.3 is 15.4 Å². The molecule has 0 aromatic carbocycles. The predicted molar refractivity (Wildman–Crippen MR) is 76.3 cm³/mol. The van der Waals surface area contributed by atoms with Crippen LogP contribution in [0.15, 0.2) is 18.3 Å². The maximum absolute atomic E-state index is 11.8. The first-order valence-electron chi connectivity index (χ1n) is 7.11. The number of aromatic nitrogens is 1. The number of imide groups is 1. The lowest BCUT2D eigenvalue weighted by molar-refractivity contribution is -0.130. The molecule has 0 unspecified atom stereocenters. The molecule has 1 saturated heterocycles. The first kappa shape index (κ1) is 14.3. The Hall–Kier alpha value is -2.64. The van der Waals surface area contributed by atoms with Crippen LogP contribution < -0.4 is 10.6 Å². The zero-order valence-corrected chi connectivity index (χ0v) is 11.9. The molecule has 8 nitrogen and oxygen atoms in total. The van der Waals surface area contributed by atoms with Crippen LogP contribution in [0.3, 0.4) is 0 Å². The van der Waals surface area contributed by atoms with Gasteiger partial charge in [0.1, 0.15) is 5.82 Å². The van der Waals surface area contributed by atoms with Crippen LogP contribution in [0.5, 0.6) is 0 Å². The monoisotopic (exact) mass is 304 g/mol. The molecule has 8 heteroatoms. The summed E-state index contributed by atoms with van der Waals surface area (Å²) in [6.07, 6.45) is 3.68. The molecular formula is C14H16N4O4. The number of hydrogen-bond acceptors (Lipinski definition) is 6. The van der Waals surface area contributed by atoms with Crippen LogP contribution in [0.2, 0.25) is 0 Å². The molecule has 2 aliphatic rings. The van der Waals surface area contributed by atoms with E-state index in [1.807, 2.05) is 0 Å². The zero-order valence-electron chi connectivity index (χ0n) is 11.9. The van der Waals surface area contributed by atoms with Gasteiger partial charge in [0.25, 0.3) is 5.91 Å². The van der Waals surface area contributed by atoms with Gasteiger partial charge in [0.2, 0.25) is 0 Å². The number of esters is 1. The highest BCUT2D eigenvalue weighted by Crippen LogP contribution is 2.23. The van der Waals surface area contributed by atoms with Gasteiger partial charge in [0.05, 0.1) is 5.56 Å². The van der Waals surface area contributed by atoms with Crippen molar-refractivity contribution in [1.29, 1.82) is 0 Å². The van der Waals surface area contributed by atoms with E-state index in [9.17, 15) is 14.4 Å². The molecule has 0 atom stereocenters. The average Bonchev–Trinajstić information content (AvgIpc) is 3.23.